The van der Waals surface area contributed by atoms with Gasteiger partial charge in [-0.2, -0.15) is 0 Å². The van der Waals surface area contributed by atoms with Gasteiger partial charge in [0.25, 0.3) is 0 Å². The molecular formula is C46H82O6. The van der Waals surface area contributed by atoms with Gasteiger partial charge in [-0.15, -0.1) is 0 Å². The molecule has 0 aromatic rings. The monoisotopic (exact) mass is 731 g/mol. The van der Waals surface area contributed by atoms with Crippen molar-refractivity contribution in [3.05, 3.63) is 36.5 Å². The van der Waals surface area contributed by atoms with Crippen molar-refractivity contribution in [1.82, 2.24) is 0 Å². The predicted molar refractivity (Wildman–Crippen MR) is 219 cm³/mol. The van der Waals surface area contributed by atoms with E-state index >= 15 is 0 Å². The van der Waals surface area contributed by atoms with E-state index in [2.05, 4.69) is 57.2 Å². The van der Waals surface area contributed by atoms with Crippen LogP contribution in [0.4, 0.5) is 0 Å². The Kier molecular flexibility index (Phi) is 39.5. The standard InChI is InChI=1S/C46H82O6/c1-4-7-10-13-15-17-19-21-23-25-26-28-30-33-36-39-45(48)51-42-43(41-50-44(47)38-35-32-12-9-6-3)52-46(49)40-37-34-31-29-27-24-22-20-18-16-14-11-8-5-2/h15,17,20-23,43H,4-14,16,18-19,24-42H2,1-3H3/b17-15-,22-20-,23-21-. The van der Waals surface area contributed by atoms with Gasteiger partial charge in [0, 0.05) is 19.3 Å². The van der Waals surface area contributed by atoms with Gasteiger partial charge in [-0.3, -0.25) is 14.4 Å². The summed E-state index contributed by atoms with van der Waals surface area (Å²) in [4.78, 5) is 37.4. The van der Waals surface area contributed by atoms with E-state index in [1.807, 2.05) is 0 Å². The molecule has 52 heavy (non-hydrogen) atoms. The molecule has 0 aliphatic heterocycles. The highest BCUT2D eigenvalue weighted by Crippen LogP contribution is 2.13. The molecule has 0 aromatic carbocycles. The normalized spacial score (nSPS) is 12.3. The number of hydrogen-bond donors (Lipinski definition) is 0. The van der Waals surface area contributed by atoms with Crippen LogP contribution in [0.1, 0.15) is 220 Å². The van der Waals surface area contributed by atoms with Gasteiger partial charge in [0.05, 0.1) is 0 Å². The molecule has 6 nitrogen and oxygen atoms in total. The number of allylic oxidation sites excluding steroid dienone is 6. The summed E-state index contributed by atoms with van der Waals surface area (Å²) in [5.41, 5.74) is 0. The lowest BCUT2D eigenvalue weighted by Gasteiger charge is -2.18. The Morgan fingerprint density at radius 2 is 0.692 bits per heavy atom. The first-order valence-corrected chi connectivity index (χ1v) is 22.0. The number of unbranched alkanes of at least 4 members (excludes halogenated alkanes) is 22. The van der Waals surface area contributed by atoms with Crippen LogP contribution in [0.15, 0.2) is 36.5 Å². The van der Waals surface area contributed by atoms with Crippen molar-refractivity contribution in [2.45, 2.75) is 226 Å². The summed E-state index contributed by atoms with van der Waals surface area (Å²) < 4.78 is 16.6. The van der Waals surface area contributed by atoms with E-state index in [1.165, 1.54) is 83.5 Å². The zero-order valence-corrected chi connectivity index (χ0v) is 34.3. The summed E-state index contributed by atoms with van der Waals surface area (Å²) in [6, 6.07) is 0. The van der Waals surface area contributed by atoms with Crippen molar-refractivity contribution in [2.24, 2.45) is 0 Å². The Morgan fingerprint density at radius 1 is 0.385 bits per heavy atom. The third-order valence-electron chi connectivity index (χ3n) is 9.37. The Bertz CT molecular complexity index is 891. The molecule has 0 bridgehead atoms. The van der Waals surface area contributed by atoms with Crippen LogP contribution < -0.4 is 0 Å². The first-order chi connectivity index (χ1) is 25.5. The van der Waals surface area contributed by atoms with E-state index in [-0.39, 0.29) is 31.1 Å². The van der Waals surface area contributed by atoms with Crippen LogP contribution in [0.5, 0.6) is 0 Å². The molecular weight excluding hydrogens is 648 g/mol. The number of carbonyl (C=O) groups excluding carboxylic acids is 3. The fraction of sp³-hybridized carbons (Fsp3) is 0.804. The van der Waals surface area contributed by atoms with Crippen molar-refractivity contribution in [1.29, 1.82) is 0 Å². The molecule has 302 valence electrons. The van der Waals surface area contributed by atoms with Crippen molar-refractivity contribution in [3.8, 4) is 0 Å². The summed E-state index contributed by atoms with van der Waals surface area (Å²) in [5.74, 6) is -0.918. The van der Waals surface area contributed by atoms with Gasteiger partial charge in [-0.05, 0) is 77.0 Å². The number of hydrogen-bond acceptors (Lipinski definition) is 6. The largest absolute Gasteiger partial charge is 0.462 e. The Balaban J connectivity index is 4.28. The minimum Gasteiger partial charge on any atom is -0.462 e. The lowest BCUT2D eigenvalue weighted by atomic mass is 10.1. The van der Waals surface area contributed by atoms with E-state index in [0.717, 1.165) is 96.3 Å². The molecule has 0 heterocycles. The van der Waals surface area contributed by atoms with E-state index in [0.29, 0.717) is 19.3 Å². The molecule has 0 N–H and O–H groups in total. The third kappa shape index (κ3) is 38.9. The average molecular weight is 731 g/mol. The van der Waals surface area contributed by atoms with Crippen molar-refractivity contribution < 1.29 is 28.6 Å². The molecule has 0 aromatic heterocycles. The number of rotatable bonds is 39. The molecule has 1 atom stereocenters. The Labute approximate surface area is 321 Å². The van der Waals surface area contributed by atoms with Gasteiger partial charge in [0.1, 0.15) is 13.2 Å². The lowest BCUT2D eigenvalue weighted by molar-refractivity contribution is -0.167. The Hall–Kier alpha value is -2.37. The molecule has 0 rings (SSSR count). The highest BCUT2D eigenvalue weighted by molar-refractivity contribution is 5.71. The quantitative estimate of drug-likeness (QED) is 0.0271. The molecule has 0 aliphatic carbocycles. The van der Waals surface area contributed by atoms with Crippen LogP contribution in [0.2, 0.25) is 0 Å². The van der Waals surface area contributed by atoms with Gasteiger partial charge in [0.2, 0.25) is 0 Å². The minimum absolute atomic E-state index is 0.0806. The van der Waals surface area contributed by atoms with Crippen LogP contribution in [0.3, 0.4) is 0 Å². The smallest absolute Gasteiger partial charge is 0.306 e. The van der Waals surface area contributed by atoms with Gasteiger partial charge in [-0.25, -0.2) is 0 Å². The summed E-state index contributed by atoms with van der Waals surface area (Å²) in [7, 11) is 0. The van der Waals surface area contributed by atoms with E-state index in [4.69, 9.17) is 14.2 Å². The summed E-state index contributed by atoms with van der Waals surface area (Å²) >= 11 is 0. The number of esters is 3. The van der Waals surface area contributed by atoms with Crippen LogP contribution in [-0.2, 0) is 28.6 Å². The molecule has 0 amide bonds. The average Bonchev–Trinajstić information content (AvgIpc) is 3.14. The highest BCUT2D eigenvalue weighted by atomic mass is 16.6. The van der Waals surface area contributed by atoms with Crippen LogP contribution in [-0.4, -0.2) is 37.2 Å². The second-order valence-electron chi connectivity index (χ2n) is 14.6. The summed E-state index contributed by atoms with van der Waals surface area (Å²) in [5, 5.41) is 0. The lowest BCUT2D eigenvalue weighted by Crippen LogP contribution is -2.30. The zero-order chi connectivity index (χ0) is 38.0. The van der Waals surface area contributed by atoms with Crippen LogP contribution in [0.25, 0.3) is 0 Å². The van der Waals surface area contributed by atoms with Gasteiger partial charge < -0.3 is 14.2 Å². The third-order valence-corrected chi connectivity index (χ3v) is 9.37. The maximum Gasteiger partial charge on any atom is 0.306 e. The summed E-state index contributed by atoms with van der Waals surface area (Å²) in [6.07, 6.45) is 45.8. The molecule has 1 unspecified atom stereocenters. The zero-order valence-electron chi connectivity index (χ0n) is 34.3. The molecule has 0 aliphatic rings. The topological polar surface area (TPSA) is 78.9 Å². The Morgan fingerprint density at radius 3 is 1.12 bits per heavy atom. The highest BCUT2D eigenvalue weighted by Gasteiger charge is 2.19. The molecule has 0 radical (unpaired) electrons. The van der Waals surface area contributed by atoms with Gasteiger partial charge in [-0.1, -0.05) is 160 Å². The molecule has 0 spiro atoms. The van der Waals surface area contributed by atoms with E-state index in [1.54, 1.807) is 0 Å². The second kappa shape index (κ2) is 41.4. The van der Waals surface area contributed by atoms with E-state index in [9.17, 15) is 14.4 Å². The molecule has 0 saturated heterocycles. The summed E-state index contributed by atoms with van der Waals surface area (Å²) in [6.45, 7) is 6.49. The SMILES string of the molecule is CCCCC/C=C\C/C=C\CCCCCCCC(=O)OCC(COC(=O)CCCCCCC)OC(=O)CCCCCCC/C=C\CCCCCCC. The van der Waals surface area contributed by atoms with Gasteiger partial charge in [0.15, 0.2) is 6.10 Å². The molecule has 0 saturated carbocycles. The van der Waals surface area contributed by atoms with Gasteiger partial charge >= 0.3 is 17.9 Å². The predicted octanol–water partition coefficient (Wildman–Crippen LogP) is 13.8. The van der Waals surface area contributed by atoms with Crippen molar-refractivity contribution in [2.75, 3.05) is 13.2 Å². The fourth-order valence-corrected chi connectivity index (χ4v) is 5.99. The second-order valence-corrected chi connectivity index (χ2v) is 14.6. The maximum absolute atomic E-state index is 12.6. The van der Waals surface area contributed by atoms with Crippen molar-refractivity contribution >= 4 is 17.9 Å². The van der Waals surface area contributed by atoms with Crippen molar-refractivity contribution in [3.63, 3.8) is 0 Å². The van der Waals surface area contributed by atoms with Crippen LogP contribution in [0, 0.1) is 0 Å². The molecule has 6 heteroatoms. The molecule has 0 fully saturated rings. The maximum atomic E-state index is 12.6. The number of carbonyl (C=O) groups is 3. The first-order valence-electron chi connectivity index (χ1n) is 22.0. The van der Waals surface area contributed by atoms with E-state index < -0.39 is 6.10 Å². The minimum atomic E-state index is -0.775. The number of ether oxygens (including phenoxy) is 3. The first kappa shape index (κ1) is 49.6. The van der Waals surface area contributed by atoms with Crippen LogP contribution >= 0.6 is 0 Å². The fourth-order valence-electron chi connectivity index (χ4n) is 5.99.